The van der Waals surface area contributed by atoms with Crippen LogP contribution in [-0.4, -0.2) is 60.7 Å². The Balaban J connectivity index is 2.19. The predicted octanol–water partition coefficient (Wildman–Crippen LogP) is 1.91. The third kappa shape index (κ3) is 4.96. The van der Waals surface area contributed by atoms with Crippen molar-refractivity contribution in [3.63, 3.8) is 0 Å². The van der Waals surface area contributed by atoms with E-state index < -0.39 is 25.1 Å². The maximum atomic E-state index is 13.0. The number of hydrogen-bond donors (Lipinski definition) is 2. The molecule has 11 heteroatoms. The number of nitro groups is 1. The van der Waals surface area contributed by atoms with Gasteiger partial charge >= 0.3 is 0 Å². The summed E-state index contributed by atoms with van der Waals surface area (Å²) in [6, 6.07) is 7.59. The second-order valence-corrected chi connectivity index (χ2v) is 10.9. The van der Waals surface area contributed by atoms with E-state index in [-0.39, 0.29) is 11.7 Å². The lowest BCUT2D eigenvalue weighted by Gasteiger charge is -2.40. The summed E-state index contributed by atoms with van der Waals surface area (Å²) in [6.45, 7) is 5.67. The van der Waals surface area contributed by atoms with Crippen LogP contribution < -0.4 is 10.5 Å². The number of sulfonamides is 1. The molecule has 1 heterocycles. The smallest absolute Gasteiger partial charge is 0.288 e. The molecule has 0 spiro atoms. The van der Waals surface area contributed by atoms with Gasteiger partial charge < -0.3 is 9.64 Å². The Morgan fingerprint density at radius 3 is 2.55 bits per heavy atom. The summed E-state index contributed by atoms with van der Waals surface area (Å²) in [6.07, 6.45) is 3.69. The molecular formula is C20H28N4O5S2. The SMILES string of the molecule is CCC(C)NC1C([N+](=O)[O-])=C(N2CCOCC2)C=CC1(Sc1ccccc1)S(N)(=O)=O. The average molecular weight is 469 g/mol. The summed E-state index contributed by atoms with van der Waals surface area (Å²) >= 11 is 1.01. The number of benzene rings is 1. The van der Waals surface area contributed by atoms with Crippen LogP contribution >= 0.6 is 11.8 Å². The van der Waals surface area contributed by atoms with Crippen LogP contribution in [0.3, 0.4) is 0 Å². The van der Waals surface area contributed by atoms with Crippen LogP contribution in [0, 0.1) is 10.1 Å². The van der Waals surface area contributed by atoms with Crippen molar-refractivity contribution in [2.45, 2.75) is 41.3 Å². The molecule has 0 aromatic heterocycles. The summed E-state index contributed by atoms with van der Waals surface area (Å²) < 4.78 is 29.7. The maximum Gasteiger partial charge on any atom is 0.288 e. The minimum Gasteiger partial charge on any atom is -0.378 e. The quantitative estimate of drug-likeness (QED) is 0.437. The number of primary sulfonamides is 1. The lowest BCUT2D eigenvalue weighted by atomic mass is 9.99. The molecule has 3 N–H and O–H groups in total. The minimum absolute atomic E-state index is 0.171. The number of nitrogens with one attached hydrogen (secondary N) is 1. The number of allylic oxidation sites excluding steroid dienone is 1. The van der Waals surface area contributed by atoms with Gasteiger partial charge in [0.25, 0.3) is 5.70 Å². The van der Waals surface area contributed by atoms with Crippen LogP contribution in [0.4, 0.5) is 0 Å². The largest absolute Gasteiger partial charge is 0.378 e. The molecule has 1 saturated heterocycles. The zero-order chi connectivity index (χ0) is 22.6. The first kappa shape index (κ1) is 23.7. The molecule has 1 fully saturated rings. The van der Waals surface area contributed by atoms with Crippen molar-refractivity contribution in [3.05, 3.63) is 64.0 Å². The highest BCUT2D eigenvalue weighted by molar-refractivity contribution is 8.14. The molecular weight excluding hydrogens is 440 g/mol. The summed E-state index contributed by atoms with van der Waals surface area (Å²) in [7, 11) is -4.28. The molecule has 0 bridgehead atoms. The zero-order valence-corrected chi connectivity index (χ0v) is 19.2. The van der Waals surface area contributed by atoms with Gasteiger partial charge in [-0.3, -0.25) is 15.4 Å². The van der Waals surface area contributed by atoms with Gasteiger partial charge in [-0.15, -0.1) is 0 Å². The van der Waals surface area contributed by atoms with Crippen LogP contribution in [0.1, 0.15) is 20.3 Å². The summed E-state index contributed by atoms with van der Waals surface area (Å²) in [5.74, 6) is 0. The van der Waals surface area contributed by atoms with E-state index in [1.807, 2.05) is 24.8 Å². The van der Waals surface area contributed by atoms with E-state index in [2.05, 4.69) is 5.32 Å². The van der Waals surface area contributed by atoms with Crippen molar-refractivity contribution < 1.29 is 18.1 Å². The summed E-state index contributed by atoms with van der Waals surface area (Å²) in [5.41, 5.74) is 0.198. The van der Waals surface area contributed by atoms with Gasteiger partial charge in [-0.05, 0) is 37.6 Å². The van der Waals surface area contributed by atoms with Crippen LogP contribution in [0.2, 0.25) is 0 Å². The predicted molar refractivity (Wildman–Crippen MR) is 120 cm³/mol. The molecule has 0 saturated carbocycles. The Hall–Kier alpha value is -1.92. The number of nitrogens with two attached hydrogens (primary N) is 1. The third-order valence-corrected chi connectivity index (χ3v) is 8.90. The van der Waals surface area contributed by atoms with E-state index in [0.717, 1.165) is 11.8 Å². The first-order chi connectivity index (χ1) is 14.7. The number of rotatable bonds is 8. The second kappa shape index (κ2) is 9.70. The van der Waals surface area contributed by atoms with E-state index in [4.69, 9.17) is 9.88 Å². The Morgan fingerprint density at radius 2 is 2.00 bits per heavy atom. The van der Waals surface area contributed by atoms with E-state index >= 15 is 0 Å². The Bertz CT molecular complexity index is 961. The molecule has 1 aromatic carbocycles. The lowest BCUT2D eigenvalue weighted by Crippen LogP contribution is -2.60. The molecule has 1 aromatic rings. The highest BCUT2D eigenvalue weighted by atomic mass is 32.3. The molecule has 0 amide bonds. The van der Waals surface area contributed by atoms with E-state index in [9.17, 15) is 18.5 Å². The molecule has 3 unspecified atom stereocenters. The van der Waals surface area contributed by atoms with Crippen LogP contribution in [0.25, 0.3) is 0 Å². The van der Waals surface area contributed by atoms with Crippen molar-refractivity contribution in [1.29, 1.82) is 0 Å². The van der Waals surface area contributed by atoms with Gasteiger partial charge in [0.1, 0.15) is 11.7 Å². The summed E-state index contributed by atoms with van der Waals surface area (Å²) in [5, 5.41) is 21.3. The molecule has 9 nitrogen and oxygen atoms in total. The first-order valence-electron chi connectivity index (χ1n) is 10.1. The van der Waals surface area contributed by atoms with Crippen molar-refractivity contribution in [3.8, 4) is 0 Å². The second-order valence-electron chi connectivity index (χ2n) is 7.55. The van der Waals surface area contributed by atoms with Gasteiger partial charge in [0, 0.05) is 24.0 Å². The number of thioether (sulfide) groups is 1. The number of ether oxygens (including phenoxy) is 1. The van der Waals surface area contributed by atoms with Gasteiger partial charge in [-0.1, -0.05) is 36.9 Å². The molecule has 31 heavy (non-hydrogen) atoms. The summed E-state index contributed by atoms with van der Waals surface area (Å²) in [4.78, 5) is 14.4. The number of morpholine rings is 1. The topological polar surface area (TPSA) is 128 Å². The Kier molecular flexibility index (Phi) is 7.43. The van der Waals surface area contributed by atoms with Gasteiger partial charge in [0.05, 0.1) is 18.1 Å². The Morgan fingerprint density at radius 1 is 1.35 bits per heavy atom. The lowest BCUT2D eigenvalue weighted by molar-refractivity contribution is -0.433. The highest BCUT2D eigenvalue weighted by Crippen LogP contribution is 2.46. The normalized spacial score (nSPS) is 25.5. The van der Waals surface area contributed by atoms with Crippen LogP contribution in [-0.2, 0) is 14.8 Å². The fourth-order valence-electron chi connectivity index (χ4n) is 3.67. The number of nitrogens with zero attached hydrogens (tertiary/aromatic N) is 2. The van der Waals surface area contributed by atoms with Crippen molar-refractivity contribution in [1.82, 2.24) is 10.2 Å². The minimum atomic E-state index is -4.28. The fourth-order valence-corrected chi connectivity index (χ4v) is 6.28. The fraction of sp³-hybridized carbons (Fsp3) is 0.500. The van der Waals surface area contributed by atoms with E-state index in [1.165, 1.54) is 12.2 Å². The average Bonchev–Trinajstić information content (AvgIpc) is 2.74. The van der Waals surface area contributed by atoms with Gasteiger partial charge in [0.15, 0.2) is 4.08 Å². The molecule has 1 aliphatic heterocycles. The van der Waals surface area contributed by atoms with Gasteiger partial charge in [-0.2, -0.15) is 0 Å². The first-order valence-corrected chi connectivity index (χ1v) is 12.5. The molecule has 170 valence electrons. The van der Waals surface area contributed by atoms with Crippen LogP contribution in [0.15, 0.2) is 58.8 Å². The van der Waals surface area contributed by atoms with Gasteiger partial charge in [0.2, 0.25) is 10.0 Å². The molecule has 3 atom stereocenters. The van der Waals surface area contributed by atoms with Crippen molar-refractivity contribution in [2.24, 2.45) is 5.14 Å². The Labute approximate surface area is 186 Å². The highest BCUT2D eigenvalue weighted by Gasteiger charge is 2.56. The van der Waals surface area contributed by atoms with Crippen LogP contribution in [0.5, 0.6) is 0 Å². The molecule has 1 aliphatic carbocycles. The van der Waals surface area contributed by atoms with Gasteiger partial charge in [-0.25, -0.2) is 13.6 Å². The maximum absolute atomic E-state index is 13.0. The molecule has 0 radical (unpaired) electrons. The zero-order valence-electron chi connectivity index (χ0n) is 17.6. The van der Waals surface area contributed by atoms with Crippen molar-refractivity contribution >= 4 is 21.8 Å². The number of hydrogen-bond acceptors (Lipinski definition) is 8. The molecule has 2 aliphatic rings. The molecule has 3 rings (SSSR count). The van der Waals surface area contributed by atoms with Crippen molar-refractivity contribution in [2.75, 3.05) is 26.3 Å². The monoisotopic (exact) mass is 468 g/mol. The third-order valence-electron chi connectivity index (χ3n) is 5.49. The standard InChI is InChI=1S/C20H28N4O5S2/c1-3-15(2)22-19-18(24(25)26)17(23-11-13-29-14-12-23)9-10-20(19,31(21,27)28)30-16-7-5-4-6-8-16/h4-10,15,19,22H,3,11-14H2,1-2H3,(H2,21,27,28). The van der Waals surface area contributed by atoms with E-state index in [1.54, 1.807) is 24.3 Å². The van der Waals surface area contributed by atoms with E-state index in [0.29, 0.717) is 43.3 Å².